The summed E-state index contributed by atoms with van der Waals surface area (Å²) >= 11 is 0. The Morgan fingerprint density at radius 3 is 1.21 bits per heavy atom. The molecule has 0 aliphatic heterocycles. The predicted molar refractivity (Wildman–Crippen MR) is 124 cm³/mol. The lowest BCUT2D eigenvalue weighted by molar-refractivity contribution is -0.150. The number of esters is 1. The molecule has 0 aliphatic rings. The molecule has 0 saturated carbocycles. The number of carbonyl (C=O) groups is 5. The van der Waals surface area contributed by atoms with Gasteiger partial charge in [-0.1, -0.05) is 5.11 Å². The molecule has 0 spiro atoms. The molecule has 4 amide bonds. The van der Waals surface area contributed by atoms with Crippen molar-refractivity contribution in [2.24, 2.45) is 5.11 Å². The van der Waals surface area contributed by atoms with Crippen LogP contribution in [-0.2, 0) is 28.7 Å². The van der Waals surface area contributed by atoms with Crippen molar-refractivity contribution in [2.45, 2.75) is 96.9 Å². The minimum atomic E-state index is -1.49. The largest absolute Gasteiger partial charge is 0.467 e. The number of methoxy groups -OCH3 is 1. The van der Waals surface area contributed by atoms with Gasteiger partial charge in [0.25, 0.3) is 0 Å². The highest BCUT2D eigenvalue weighted by Crippen LogP contribution is 2.16. The molecule has 0 rings (SSSR count). The number of rotatable bonds is 10. The van der Waals surface area contributed by atoms with E-state index in [9.17, 15) is 24.0 Å². The fourth-order valence-corrected chi connectivity index (χ4v) is 2.39. The van der Waals surface area contributed by atoms with Crippen LogP contribution in [0.25, 0.3) is 10.4 Å². The Labute approximate surface area is 199 Å². The third-order valence-corrected chi connectivity index (χ3v) is 4.95. The minimum absolute atomic E-state index is 0.647. The van der Waals surface area contributed by atoms with Crippen LogP contribution in [-0.4, -0.2) is 64.4 Å². The topological polar surface area (TPSA) is 191 Å². The lowest BCUT2D eigenvalue weighted by Crippen LogP contribution is -2.67. The normalized spacial score (nSPS) is 12.6. The van der Waals surface area contributed by atoms with E-state index in [0.29, 0.717) is 0 Å². The van der Waals surface area contributed by atoms with Crippen molar-refractivity contribution in [3.63, 3.8) is 0 Å². The molecular weight excluding hydrogens is 446 g/mol. The van der Waals surface area contributed by atoms with Gasteiger partial charge in [-0.05, 0) is 74.8 Å². The van der Waals surface area contributed by atoms with Gasteiger partial charge >= 0.3 is 5.97 Å². The molecular formula is C21H37N7O6. The first-order chi connectivity index (χ1) is 15.1. The first-order valence-corrected chi connectivity index (χ1v) is 10.5. The number of hydrogen-bond donors (Lipinski definition) is 4. The summed E-state index contributed by atoms with van der Waals surface area (Å²) in [5.41, 5.74) is 1.44. The summed E-state index contributed by atoms with van der Waals surface area (Å²) in [7, 11) is 1.19. The molecule has 192 valence electrons. The zero-order valence-electron chi connectivity index (χ0n) is 21.8. The Morgan fingerprint density at radius 2 is 0.912 bits per heavy atom. The van der Waals surface area contributed by atoms with E-state index in [1.807, 2.05) is 0 Å². The average Bonchev–Trinajstić information content (AvgIpc) is 2.65. The van der Waals surface area contributed by atoms with Crippen molar-refractivity contribution < 1.29 is 28.7 Å². The predicted octanol–water partition coefficient (Wildman–Crippen LogP) is 0.828. The van der Waals surface area contributed by atoms with E-state index >= 15 is 0 Å². The van der Waals surface area contributed by atoms with E-state index in [1.54, 1.807) is 0 Å². The van der Waals surface area contributed by atoms with Crippen molar-refractivity contribution in [2.75, 3.05) is 7.11 Å². The maximum atomic E-state index is 12.9. The van der Waals surface area contributed by atoms with Crippen LogP contribution in [0.1, 0.15) is 69.2 Å². The molecule has 0 atom stereocenters. The number of nitrogens with zero attached hydrogens (tertiary/aromatic N) is 3. The second-order valence-electron chi connectivity index (χ2n) is 10.6. The molecule has 0 bridgehead atoms. The van der Waals surface area contributed by atoms with Gasteiger partial charge in [-0.15, -0.1) is 0 Å². The molecule has 0 aliphatic carbocycles. The van der Waals surface area contributed by atoms with Crippen LogP contribution in [0.2, 0.25) is 0 Å². The van der Waals surface area contributed by atoms with E-state index in [2.05, 4.69) is 36.0 Å². The average molecular weight is 484 g/mol. The van der Waals surface area contributed by atoms with Gasteiger partial charge < -0.3 is 26.0 Å². The number of hydrogen-bond acceptors (Lipinski definition) is 7. The van der Waals surface area contributed by atoms with Gasteiger partial charge in [0.05, 0.1) is 7.11 Å². The number of nitrogens with one attached hydrogen (secondary N) is 4. The molecule has 0 heterocycles. The van der Waals surface area contributed by atoms with Crippen molar-refractivity contribution in [3.8, 4) is 0 Å². The summed E-state index contributed by atoms with van der Waals surface area (Å²) in [6.45, 7) is 14.3. The fraction of sp³-hybridized carbons (Fsp3) is 0.762. The van der Waals surface area contributed by atoms with Gasteiger partial charge in [0.15, 0.2) is 0 Å². The number of carbonyl (C=O) groups excluding carboxylic acids is 5. The van der Waals surface area contributed by atoms with Crippen molar-refractivity contribution in [1.82, 2.24) is 21.3 Å². The van der Waals surface area contributed by atoms with Gasteiger partial charge in [-0.3, -0.25) is 19.2 Å². The highest BCUT2D eigenvalue weighted by atomic mass is 16.5. The van der Waals surface area contributed by atoms with Gasteiger partial charge in [0, 0.05) is 4.91 Å². The summed E-state index contributed by atoms with van der Waals surface area (Å²) in [6, 6.07) is 0. The third kappa shape index (κ3) is 7.91. The Morgan fingerprint density at radius 1 is 0.618 bits per heavy atom. The molecule has 0 radical (unpaired) electrons. The molecule has 0 aromatic rings. The van der Waals surface area contributed by atoms with E-state index in [-0.39, 0.29) is 0 Å². The minimum Gasteiger partial charge on any atom is -0.467 e. The second kappa shape index (κ2) is 10.3. The molecule has 34 heavy (non-hydrogen) atoms. The monoisotopic (exact) mass is 483 g/mol. The zero-order chi connectivity index (χ0) is 27.3. The van der Waals surface area contributed by atoms with E-state index in [4.69, 9.17) is 5.53 Å². The number of amides is 4. The smallest absolute Gasteiger partial charge is 0.330 e. The first kappa shape index (κ1) is 30.7. The van der Waals surface area contributed by atoms with Crippen LogP contribution in [0.3, 0.4) is 0 Å². The van der Waals surface area contributed by atoms with Gasteiger partial charge in [0.2, 0.25) is 23.6 Å². The van der Waals surface area contributed by atoms with E-state index in [0.717, 1.165) is 0 Å². The third-order valence-electron chi connectivity index (χ3n) is 4.95. The second-order valence-corrected chi connectivity index (χ2v) is 10.6. The SMILES string of the molecule is COC(=O)C(C)(C)NC(=O)C(C)(C)NC(=O)C(C)(C)NC(=O)C(C)(C)NC(=O)C(C)(C)N=[N+]=[N-]. The molecule has 13 heteroatoms. The Kier molecular flexibility index (Phi) is 9.28. The van der Waals surface area contributed by atoms with Gasteiger partial charge in [-0.25, -0.2) is 4.79 Å². The number of azide groups is 1. The van der Waals surface area contributed by atoms with Crippen molar-refractivity contribution >= 4 is 29.6 Å². The summed E-state index contributed by atoms with van der Waals surface area (Å²) < 4.78 is 4.66. The highest BCUT2D eigenvalue weighted by Gasteiger charge is 2.42. The van der Waals surface area contributed by atoms with Gasteiger partial charge in [-0.2, -0.15) is 0 Å². The van der Waals surface area contributed by atoms with Gasteiger partial charge in [0.1, 0.15) is 27.7 Å². The van der Waals surface area contributed by atoms with E-state index < -0.39 is 57.3 Å². The standard InChI is InChI=1S/C21H37N7O6/c1-17(2,23-13(30)18(3,4)25-15(32)20(7,8)27-28-22)12(29)24-19(5,6)14(31)26-21(9,10)16(33)34-11/h1-11H3,(H,23,30)(H,24,29)(H,25,32)(H,26,31). The molecule has 0 unspecified atom stereocenters. The van der Waals surface area contributed by atoms with Crippen LogP contribution in [0, 0.1) is 0 Å². The lowest BCUT2D eigenvalue weighted by Gasteiger charge is -2.36. The summed E-state index contributed by atoms with van der Waals surface area (Å²) in [4.78, 5) is 65.4. The summed E-state index contributed by atoms with van der Waals surface area (Å²) in [5.74, 6) is -3.37. The molecule has 4 N–H and O–H groups in total. The summed E-state index contributed by atoms with van der Waals surface area (Å²) in [6.07, 6.45) is 0. The van der Waals surface area contributed by atoms with Crippen LogP contribution in [0.4, 0.5) is 0 Å². The van der Waals surface area contributed by atoms with Crippen molar-refractivity contribution in [3.05, 3.63) is 10.4 Å². The highest BCUT2D eigenvalue weighted by molar-refractivity contribution is 6.00. The molecule has 13 nitrogen and oxygen atoms in total. The van der Waals surface area contributed by atoms with Crippen LogP contribution in [0.15, 0.2) is 5.11 Å². The fourth-order valence-electron chi connectivity index (χ4n) is 2.39. The van der Waals surface area contributed by atoms with Crippen LogP contribution in [0.5, 0.6) is 0 Å². The Hall–Kier alpha value is -3.34. The Bertz CT molecular complexity index is 899. The maximum Gasteiger partial charge on any atom is 0.330 e. The molecule has 0 fully saturated rings. The van der Waals surface area contributed by atoms with Crippen LogP contribution >= 0.6 is 0 Å². The quantitative estimate of drug-likeness (QED) is 0.154. The van der Waals surface area contributed by atoms with Crippen LogP contribution < -0.4 is 21.3 Å². The van der Waals surface area contributed by atoms with Crippen molar-refractivity contribution in [1.29, 1.82) is 0 Å². The summed E-state index contributed by atoms with van der Waals surface area (Å²) in [5, 5.41) is 13.5. The molecule has 0 saturated heterocycles. The Balaban J connectivity index is 5.43. The first-order valence-electron chi connectivity index (χ1n) is 10.5. The molecule has 0 aromatic heterocycles. The molecule has 0 aromatic carbocycles. The lowest BCUT2D eigenvalue weighted by atomic mass is 9.95. The maximum absolute atomic E-state index is 12.9. The van der Waals surface area contributed by atoms with E-state index in [1.165, 1.54) is 76.3 Å². The number of ether oxygens (including phenoxy) is 1. The zero-order valence-corrected chi connectivity index (χ0v) is 21.8.